The number of thioether (sulfide) groups is 1. The highest BCUT2D eigenvalue weighted by atomic mass is 32.2. The van der Waals surface area contributed by atoms with Crippen molar-refractivity contribution in [1.29, 1.82) is 0 Å². The molecule has 3 aromatic heterocycles. The van der Waals surface area contributed by atoms with Crippen LogP contribution in [-0.4, -0.2) is 29.9 Å². The number of benzene rings is 1. The van der Waals surface area contributed by atoms with E-state index in [0.717, 1.165) is 22.1 Å². The topological polar surface area (TPSA) is 82.5 Å². The van der Waals surface area contributed by atoms with Gasteiger partial charge in [0.1, 0.15) is 0 Å². The average Bonchev–Trinajstić information content (AvgIpc) is 3.28. The van der Waals surface area contributed by atoms with Gasteiger partial charge in [0.05, 0.1) is 5.75 Å². The lowest BCUT2D eigenvalue weighted by molar-refractivity contribution is 0.391. The Kier molecular flexibility index (Phi) is 4.26. The average molecular weight is 350 g/mol. The second-order valence-electron chi connectivity index (χ2n) is 5.27. The largest absolute Gasteiger partial charge is 0.338 e. The van der Waals surface area contributed by atoms with Gasteiger partial charge in [0.2, 0.25) is 11.7 Å². The van der Waals surface area contributed by atoms with Crippen molar-refractivity contribution in [2.24, 2.45) is 7.05 Å². The van der Waals surface area contributed by atoms with Crippen LogP contribution in [-0.2, 0) is 12.8 Å². The van der Waals surface area contributed by atoms with Crippen LogP contribution in [0.15, 0.2) is 64.5 Å². The molecular formula is C17H14N6OS. The van der Waals surface area contributed by atoms with Gasteiger partial charge in [0.15, 0.2) is 11.0 Å². The third-order valence-corrected chi connectivity index (χ3v) is 4.58. The summed E-state index contributed by atoms with van der Waals surface area (Å²) in [5.41, 5.74) is 1.86. The lowest BCUT2D eigenvalue weighted by atomic mass is 10.2. The molecule has 0 N–H and O–H groups in total. The fourth-order valence-corrected chi connectivity index (χ4v) is 3.08. The van der Waals surface area contributed by atoms with Gasteiger partial charge >= 0.3 is 0 Å². The zero-order valence-corrected chi connectivity index (χ0v) is 14.2. The monoisotopic (exact) mass is 350 g/mol. The summed E-state index contributed by atoms with van der Waals surface area (Å²) in [7, 11) is 1.92. The van der Waals surface area contributed by atoms with Crippen LogP contribution in [0.1, 0.15) is 5.89 Å². The van der Waals surface area contributed by atoms with Crippen molar-refractivity contribution in [3.63, 3.8) is 0 Å². The third kappa shape index (κ3) is 3.29. The Bertz CT molecular complexity index is 967. The Morgan fingerprint density at radius 1 is 1.04 bits per heavy atom. The number of hydrogen-bond donors (Lipinski definition) is 0. The Morgan fingerprint density at radius 3 is 2.68 bits per heavy atom. The molecule has 4 rings (SSSR count). The minimum absolute atomic E-state index is 0.527. The van der Waals surface area contributed by atoms with Gasteiger partial charge in [-0.1, -0.05) is 47.3 Å². The van der Waals surface area contributed by atoms with Gasteiger partial charge in [-0.2, -0.15) is 4.98 Å². The first-order valence-electron chi connectivity index (χ1n) is 7.62. The van der Waals surface area contributed by atoms with Crippen molar-refractivity contribution in [3.8, 4) is 22.8 Å². The van der Waals surface area contributed by atoms with Crippen LogP contribution >= 0.6 is 11.8 Å². The van der Waals surface area contributed by atoms with E-state index in [1.807, 2.05) is 54.1 Å². The molecule has 0 fully saturated rings. The van der Waals surface area contributed by atoms with E-state index < -0.39 is 0 Å². The van der Waals surface area contributed by atoms with Gasteiger partial charge in [-0.15, -0.1) is 10.2 Å². The molecule has 0 bridgehead atoms. The molecule has 0 unspecified atom stereocenters. The molecule has 4 aromatic rings. The zero-order chi connectivity index (χ0) is 17.1. The summed E-state index contributed by atoms with van der Waals surface area (Å²) < 4.78 is 7.25. The van der Waals surface area contributed by atoms with E-state index in [4.69, 9.17) is 4.52 Å². The zero-order valence-electron chi connectivity index (χ0n) is 13.4. The highest BCUT2D eigenvalue weighted by molar-refractivity contribution is 7.98. The summed E-state index contributed by atoms with van der Waals surface area (Å²) in [6, 6.07) is 13.6. The molecule has 0 aliphatic heterocycles. The molecular weight excluding hydrogens is 336 g/mol. The second-order valence-corrected chi connectivity index (χ2v) is 6.22. The molecule has 0 aliphatic rings. The molecule has 25 heavy (non-hydrogen) atoms. The number of hydrogen-bond acceptors (Lipinski definition) is 7. The van der Waals surface area contributed by atoms with Crippen molar-refractivity contribution in [3.05, 3.63) is 60.7 Å². The van der Waals surface area contributed by atoms with Crippen LogP contribution in [0.4, 0.5) is 0 Å². The second kappa shape index (κ2) is 6.86. The minimum atomic E-state index is 0.527. The van der Waals surface area contributed by atoms with Crippen molar-refractivity contribution in [1.82, 2.24) is 29.9 Å². The molecule has 0 saturated carbocycles. The van der Waals surface area contributed by atoms with Crippen LogP contribution in [0.5, 0.6) is 0 Å². The fraction of sp³-hybridized carbons (Fsp3) is 0.118. The molecule has 0 amide bonds. The molecule has 7 nitrogen and oxygen atoms in total. The predicted molar refractivity (Wildman–Crippen MR) is 93.5 cm³/mol. The van der Waals surface area contributed by atoms with E-state index in [2.05, 4.69) is 25.3 Å². The number of nitrogens with zero attached hydrogens (tertiary/aromatic N) is 6. The van der Waals surface area contributed by atoms with E-state index in [-0.39, 0.29) is 0 Å². The molecule has 0 saturated heterocycles. The summed E-state index contributed by atoms with van der Waals surface area (Å²) >= 11 is 1.50. The van der Waals surface area contributed by atoms with Gasteiger partial charge < -0.3 is 9.09 Å². The molecule has 0 spiro atoms. The number of rotatable bonds is 5. The normalized spacial score (nSPS) is 10.9. The summed E-state index contributed by atoms with van der Waals surface area (Å²) in [6.07, 6.45) is 3.50. The first-order valence-corrected chi connectivity index (χ1v) is 8.60. The Labute approximate surface area is 148 Å². The van der Waals surface area contributed by atoms with Crippen LogP contribution in [0.2, 0.25) is 0 Å². The molecule has 0 radical (unpaired) electrons. The molecule has 0 aliphatic carbocycles. The summed E-state index contributed by atoms with van der Waals surface area (Å²) in [5.74, 6) is 2.44. The maximum absolute atomic E-state index is 5.32. The first-order chi connectivity index (χ1) is 12.3. The maximum atomic E-state index is 5.32. The van der Waals surface area contributed by atoms with E-state index in [9.17, 15) is 0 Å². The van der Waals surface area contributed by atoms with Crippen molar-refractivity contribution in [2.45, 2.75) is 10.9 Å². The molecule has 3 heterocycles. The highest BCUT2D eigenvalue weighted by Gasteiger charge is 2.14. The van der Waals surface area contributed by atoms with Gasteiger partial charge in [0.25, 0.3) is 0 Å². The van der Waals surface area contributed by atoms with E-state index in [0.29, 0.717) is 17.5 Å². The fourth-order valence-electron chi connectivity index (χ4n) is 2.33. The van der Waals surface area contributed by atoms with Crippen LogP contribution in [0.3, 0.4) is 0 Å². The lowest BCUT2D eigenvalue weighted by Gasteiger charge is -2.02. The van der Waals surface area contributed by atoms with E-state index in [1.165, 1.54) is 11.8 Å². The molecule has 1 aromatic carbocycles. The summed E-state index contributed by atoms with van der Waals surface area (Å²) in [4.78, 5) is 8.54. The highest BCUT2D eigenvalue weighted by Crippen LogP contribution is 2.25. The van der Waals surface area contributed by atoms with Crippen LogP contribution in [0.25, 0.3) is 22.8 Å². The van der Waals surface area contributed by atoms with Crippen LogP contribution < -0.4 is 0 Å². The lowest BCUT2D eigenvalue weighted by Crippen LogP contribution is -1.95. The minimum Gasteiger partial charge on any atom is -0.338 e. The van der Waals surface area contributed by atoms with Gasteiger partial charge in [-0.25, -0.2) is 0 Å². The third-order valence-electron chi connectivity index (χ3n) is 3.58. The van der Waals surface area contributed by atoms with E-state index >= 15 is 0 Å². The Hall–Kier alpha value is -3.00. The van der Waals surface area contributed by atoms with Crippen molar-refractivity contribution < 1.29 is 4.52 Å². The number of pyridine rings is 1. The molecule has 124 valence electrons. The van der Waals surface area contributed by atoms with E-state index in [1.54, 1.807) is 12.4 Å². The van der Waals surface area contributed by atoms with Gasteiger partial charge in [-0.3, -0.25) is 4.98 Å². The quantitative estimate of drug-likeness (QED) is 0.511. The number of aromatic nitrogens is 6. The first kappa shape index (κ1) is 15.5. The smallest absolute Gasteiger partial charge is 0.237 e. The predicted octanol–water partition coefficient (Wildman–Crippen LogP) is 3.22. The summed E-state index contributed by atoms with van der Waals surface area (Å²) in [6.45, 7) is 0. The standard InChI is InChI=1S/C17H14N6OS/c1-23-16(13-8-5-9-18-10-13)20-21-17(23)25-11-14-19-15(22-24-14)12-6-3-2-4-7-12/h2-10H,11H2,1H3. The van der Waals surface area contributed by atoms with Crippen LogP contribution in [0, 0.1) is 0 Å². The Morgan fingerprint density at radius 2 is 1.88 bits per heavy atom. The van der Waals surface area contributed by atoms with Gasteiger partial charge in [0, 0.05) is 30.6 Å². The molecule has 8 heteroatoms. The van der Waals surface area contributed by atoms with Crippen molar-refractivity contribution in [2.75, 3.05) is 0 Å². The summed E-state index contributed by atoms with van der Waals surface area (Å²) in [5, 5.41) is 13.3. The van der Waals surface area contributed by atoms with Gasteiger partial charge in [-0.05, 0) is 12.1 Å². The molecule has 0 atom stereocenters. The maximum Gasteiger partial charge on any atom is 0.237 e. The van der Waals surface area contributed by atoms with Crippen molar-refractivity contribution >= 4 is 11.8 Å². The SMILES string of the molecule is Cn1c(SCc2nc(-c3ccccc3)no2)nnc1-c1cccnc1. The Balaban J connectivity index is 1.48.